The number of carbonyl (C=O) groups is 2. The van der Waals surface area contributed by atoms with E-state index in [0.29, 0.717) is 17.2 Å². The average molecular weight is 349 g/mol. The molecule has 0 saturated heterocycles. The van der Waals surface area contributed by atoms with Gasteiger partial charge in [0, 0.05) is 35.2 Å². The molecule has 2 amide bonds. The molecule has 4 rings (SSSR count). The molecule has 2 saturated carbocycles. The summed E-state index contributed by atoms with van der Waals surface area (Å²) in [7, 11) is 0. The van der Waals surface area contributed by atoms with Gasteiger partial charge in [-0.25, -0.2) is 0 Å². The van der Waals surface area contributed by atoms with Gasteiger partial charge in [-0.15, -0.1) is 0 Å². The number of nitrogens with zero attached hydrogens (tertiary/aromatic N) is 1. The van der Waals surface area contributed by atoms with E-state index in [1.54, 1.807) is 24.5 Å². The Morgan fingerprint density at radius 3 is 2.54 bits per heavy atom. The minimum Gasteiger partial charge on any atom is -0.326 e. The van der Waals surface area contributed by atoms with Gasteiger partial charge in [0.15, 0.2) is 0 Å². The van der Waals surface area contributed by atoms with Crippen LogP contribution in [0.25, 0.3) is 0 Å². The van der Waals surface area contributed by atoms with Gasteiger partial charge in [0.1, 0.15) is 0 Å². The average Bonchev–Trinajstić information content (AvgIpc) is 3.28. The van der Waals surface area contributed by atoms with Crippen molar-refractivity contribution in [3.8, 4) is 0 Å². The number of rotatable bonds is 4. The summed E-state index contributed by atoms with van der Waals surface area (Å²) >= 11 is 0. The molecule has 0 radical (unpaired) electrons. The number of pyridine rings is 1. The third-order valence-electron chi connectivity index (χ3n) is 5.77. The van der Waals surface area contributed by atoms with E-state index in [1.165, 1.54) is 19.3 Å². The molecule has 1 aromatic heterocycles. The van der Waals surface area contributed by atoms with Crippen LogP contribution in [0.2, 0.25) is 0 Å². The number of hydrogen-bond acceptors (Lipinski definition) is 3. The van der Waals surface area contributed by atoms with Gasteiger partial charge in [-0.1, -0.05) is 12.5 Å². The molecule has 0 aliphatic heterocycles. The molecule has 5 nitrogen and oxygen atoms in total. The van der Waals surface area contributed by atoms with Gasteiger partial charge in [-0.3, -0.25) is 14.6 Å². The van der Waals surface area contributed by atoms with Gasteiger partial charge < -0.3 is 10.6 Å². The largest absolute Gasteiger partial charge is 0.326 e. The Morgan fingerprint density at radius 1 is 1.04 bits per heavy atom. The summed E-state index contributed by atoms with van der Waals surface area (Å²) in [4.78, 5) is 28.9. The lowest BCUT2D eigenvalue weighted by molar-refractivity contribution is -0.121. The quantitative estimate of drug-likeness (QED) is 0.876. The fourth-order valence-corrected chi connectivity index (χ4v) is 4.33. The maximum Gasteiger partial charge on any atom is 0.255 e. The molecule has 2 aliphatic rings. The maximum absolute atomic E-state index is 12.6. The molecule has 2 fully saturated rings. The first-order valence-corrected chi connectivity index (χ1v) is 9.23. The lowest BCUT2D eigenvalue weighted by atomic mass is 9.88. The van der Waals surface area contributed by atoms with Crippen LogP contribution < -0.4 is 10.6 Å². The van der Waals surface area contributed by atoms with Gasteiger partial charge in [0.25, 0.3) is 5.91 Å². The summed E-state index contributed by atoms with van der Waals surface area (Å²) in [5.41, 5.74) is 2.94. The van der Waals surface area contributed by atoms with Crippen molar-refractivity contribution >= 4 is 23.2 Å². The molecular weight excluding hydrogens is 326 g/mol. The number of benzene rings is 1. The van der Waals surface area contributed by atoms with Gasteiger partial charge >= 0.3 is 0 Å². The Balaban J connectivity index is 1.46. The maximum atomic E-state index is 12.6. The Kier molecular flexibility index (Phi) is 4.45. The summed E-state index contributed by atoms with van der Waals surface area (Å²) in [5, 5.41) is 5.97. The summed E-state index contributed by atoms with van der Waals surface area (Å²) in [5.74, 6) is 1.37. The van der Waals surface area contributed by atoms with Crippen LogP contribution in [0.4, 0.5) is 11.4 Å². The summed E-state index contributed by atoms with van der Waals surface area (Å²) in [6, 6.07) is 8.98. The Hall–Kier alpha value is -2.69. The lowest BCUT2D eigenvalue weighted by Crippen LogP contribution is -2.27. The molecular formula is C21H23N3O2. The molecule has 0 unspecified atom stereocenters. The first-order valence-electron chi connectivity index (χ1n) is 9.23. The van der Waals surface area contributed by atoms with Crippen molar-refractivity contribution in [3.05, 3.63) is 53.9 Å². The first kappa shape index (κ1) is 16.8. The van der Waals surface area contributed by atoms with Crippen LogP contribution in [0, 0.1) is 24.7 Å². The molecule has 0 spiro atoms. The third kappa shape index (κ3) is 3.34. The van der Waals surface area contributed by atoms with Crippen molar-refractivity contribution in [1.29, 1.82) is 0 Å². The highest BCUT2D eigenvalue weighted by Gasteiger charge is 2.43. The first-order chi connectivity index (χ1) is 12.6. The molecule has 5 heteroatoms. The van der Waals surface area contributed by atoms with E-state index in [4.69, 9.17) is 0 Å². The molecule has 2 bridgehead atoms. The zero-order chi connectivity index (χ0) is 18.1. The Labute approximate surface area is 153 Å². The van der Waals surface area contributed by atoms with Gasteiger partial charge in [0.05, 0.1) is 0 Å². The molecule has 1 heterocycles. The van der Waals surface area contributed by atoms with Crippen molar-refractivity contribution in [2.24, 2.45) is 17.8 Å². The van der Waals surface area contributed by atoms with Crippen LogP contribution in [0.5, 0.6) is 0 Å². The fourth-order valence-electron chi connectivity index (χ4n) is 4.33. The highest BCUT2D eigenvalue weighted by atomic mass is 16.2. The minimum absolute atomic E-state index is 0.118. The monoisotopic (exact) mass is 349 g/mol. The zero-order valence-electron chi connectivity index (χ0n) is 14.9. The smallest absolute Gasteiger partial charge is 0.255 e. The molecule has 3 atom stereocenters. The number of hydrogen-bond donors (Lipinski definition) is 2. The number of anilines is 2. The number of carbonyl (C=O) groups excluding carboxylic acids is 2. The molecule has 134 valence electrons. The van der Waals surface area contributed by atoms with E-state index in [1.807, 2.05) is 25.1 Å². The number of fused-ring (bicyclic) bond motifs is 2. The van der Waals surface area contributed by atoms with E-state index in [9.17, 15) is 9.59 Å². The standard InChI is InChI=1S/C21H23N3O2/c1-13-2-5-17(23-21(26)18-11-14-3-4-16(18)10-14)12-19(13)24-20(25)15-6-8-22-9-7-15/h2,5-9,12,14,16,18H,3-4,10-11H2,1H3,(H,23,26)(H,24,25)/t14-,16-,18+/m0/s1. The van der Waals surface area contributed by atoms with Crippen molar-refractivity contribution in [2.45, 2.75) is 32.6 Å². The van der Waals surface area contributed by atoms with Crippen molar-refractivity contribution < 1.29 is 9.59 Å². The number of amides is 2. The van der Waals surface area contributed by atoms with Crippen LogP contribution in [-0.4, -0.2) is 16.8 Å². The summed E-state index contributed by atoms with van der Waals surface area (Å²) in [6.45, 7) is 1.93. The van der Waals surface area contributed by atoms with Gasteiger partial charge in [-0.2, -0.15) is 0 Å². The van der Waals surface area contributed by atoms with Gasteiger partial charge in [-0.05, 0) is 67.9 Å². The number of aromatic nitrogens is 1. The topological polar surface area (TPSA) is 71.1 Å². The second-order valence-corrected chi connectivity index (χ2v) is 7.49. The van der Waals surface area contributed by atoms with Crippen molar-refractivity contribution in [2.75, 3.05) is 10.6 Å². The van der Waals surface area contributed by atoms with Crippen LogP contribution in [0.1, 0.15) is 41.6 Å². The molecule has 2 N–H and O–H groups in total. The van der Waals surface area contributed by atoms with Crippen molar-refractivity contribution in [1.82, 2.24) is 4.98 Å². The fraction of sp³-hybridized carbons (Fsp3) is 0.381. The Bertz CT molecular complexity index is 834. The zero-order valence-corrected chi connectivity index (χ0v) is 14.9. The van der Waals surface area contributed by atoms with Crippen LogP contribution in [0.15, 0.2) is 42.7 Å². The SMILES string of the molecule is Cc1ccc(NC(=O)[C@@H]2C[C@H]3CC[C@H]2C3)cc1NC(=O)c1ccncc1. The highest BCUT2D eigenvalue weighted by Crippen LogP contribution is 2.48. The van der Waals surface area contributed by atoms with Crippen molar-refractivity contribution in [3.63, 3.8) is 0 Å². The predicted molar refractivity (Wildman–Crippen MR) is 101 cm³/mol. The predicted octanol–water partition coefficient (Wildman–Crippen LogP) is 4.02. The van der Waals surface area contributed by atoms with Crippen LogP contribution >= 0.6 is 0 Å². The summed E-state index contributed by atoms with van der Waals surface area (Å²) in [6.07, 6.45) is 7.88. The summed E-state index contributed by atoms with van der Waals surface area (Å²) < 4.78 is 0. The van der Waals surface area contributed by atoms with E-state index in [2.05, 4.69) is 15.6 Å². The van der Waals surface area contributed by atoms with E-state index in [-0.39, 0.29) is 17.7 Å². The Morgan fingerprint density at radius 2 is 1.85 bits per heavy atom. The molecule has 2 aliphatic carbocycles. The second-order valence-electron chi connectivity index (χ2n) is 7.49. The number of nitrogens with one attached hydrogen (secondary N) is 2. The van der Waals surface area contributed by atoms with Crippen LogP contribution in [0.3, 0.4) is 0 Å². The second kappa shape index (κ2) is 6.90. The minimum atomic E-state index is -0.188. The van der Waals surface area contributed by atoms with Crippen LogP contribution in [-0.2, 0) is 4.79 Å². The molecule has 1 aromatic carbocycles. The van der Waals surface area contributed by atoms with E-state index < -0.39 is 0 Å². The highest BCUT2D eigenvalue weighted by molar-refractivity contribution is 6.05. The normalized spacial score (nSPS) is 23.7. The van der Waals surface area contributed by atoms with Gasteiger partial charge in [0.2, 0.25) is 5.91 Å². The van der Waals surface area contributed by atoms with E-state index >= 15 is 0 Å². The van der Waals surface area contributed by atoms with E-state index in [0.717, 1.165) is 23.6 Å². The molecule has 2 aromatic rings. The number of aryl methyl sites for hydroxylation is 1. The molecule has 26 heavy (non-hydrogen) atoms. The third-order valence-corrected chi connectivity index (χ3v) is 5.77. The lowest BCUT2D eigenvalue weighted by Gasteiger charge is -2.21.